The third-order valence-electron chi connectivity index (χ3n) is 5.74. The molecule has 0 fully saturated rings. The van der Waals surface area contributed by atoms with Crippen molar-refractivity contribution in [2.45, 2.75) is 25.8 Å². The minimum atomic E-state index is -2.69. The molecule has 8 nitrogen and oxygen atoms in total. The van der Waals surface area contributed by atoms with Crippen molar-refractivity contribution >= 4 is 29.0 Å². The number of nitrogens with zero attached hydrogens (tertiary/aromatic N) is 3. The molecule has 11 heteroatoms. The molecule has 1 aromatic heterocycles. The van der Waals surface area contributed by atoms with Gasteiger partial charge in [0.25, 0.3) is 5.91 Å². The summed E-state index contributed by atoms with van der Waals surface area (Å²) in [5.41, 5.74) is 8.05. The van der Waals surface area contributed by atoms with Gasteiger partial charge in [-0.05, 0) is 48.4 Å². The highest BCUT2D eigenvalue weighted by molar-refractivity contribution is 5.98. The molecule has 0 bridgehead atoms. The van der Waals surface area contributed by atoms with E-state index in [0.29, 0.717) is 11.4 Å². The fourth-order valence-corrected chi connectivity index (χ4v) is 4.00. The summed E-state index contributed by atoms with van der Waals surface area (Å²) >= 11 is 0. The number of fused-ring (bicyclic) bond motifs is 1. The summed E-state index contributed by atoms with van der Waals surface area (Å²) in [6.45, 7) is 1.71. The Bertz CT molecular complexity index is 1250. The van der Waals surface area contributed by atoms with E-state index in [2.05, 4.69) is 25.5 Å². The minimum Gasteiger partial charge on any atom is -0.495 e. The molecule has 1 aliphatic heterocycles. The Labute approximate surface area is 200 Å². The van der Waals surface area contributed by atoms with E-state index in [-0.39, 0.29) is 28.6 Å². The summed E-state index contributed by atoms with van der Waals surface area (Å²) in [6.07, 6.45) is -1.29. The zero-order valence-corrected chi connectivity index (χ0v) is 19.2. The first-order valence-corrected chi connectivity index (χ1v) is 10.9. The third-order valence-corrected chi connectivity index (χ3v) is 5.74. The zero-order chi connectivity index (χ0) is 25.1. The van der Waals surface area contributed by atoms with Crippen LogP contribution < -0.4 is 21.1 Å². The molecule has 0 unspecified atom stereocenters. The highest BCUT2D eigenvalue weighted by Gasteiger charge is 2.20. The number of carbonyl (C=O) groups excluding carboxylic acids is 1. The summed E-state index contributed by atoms with van der Waals surface area (Å²) in [5.74, 6) is -1.09. The van der Waals surface area contributed by atoms with Crippen LogP contribution in [0.2, 0.25) is 0 Å². The molecule has 4 N–H and O–H groups in total. The molecule has 1 aliphatic rings. The molecule has 0 saturated carbocycles. The molecule has 35 heavy (non-hydrogen) atoms. The number of para-hydroxylation sites is 1. The molecular formula is C24H25F3N6O2. The number of ether oxygens (including phenoxy) is 1. The SMILES string of the molecule is COc1cc2c(cc1Nc1ncc(C(N)=O)c(Nc3c(F)cccc3CC(F)F)n1)CN(C)CC2. The van der Waals surface area contributed by atoms with Crippen LogP contribution in [-0.4, -0.2) is 47.9 Å². The van der Waals surface area contributed by atoms with Crippen molar-refractivity contribution in [1.82, 2.24) is 14.9 Å². The van der Waals surface area contributed by atoms with Gasteiger partial charge < -0.3 is 26.0 Å². The van der Waals surface area contributed by atoms with E-state index in [1.165, 1.54) is 23.9 Å². The Morgan fingerprint density at radius 3 is 2.77 bits per heavy atom. The Balaban J connectivity index is 1.70. The van der Waals surface area contributed by atoms with Crippen molar-refractivity contribution in [2.24, 2.45) is 5.73 Å². The van der Waals surface area contributed by atoms with Crippen molar-refractivity contribution in [3.63, 3.8) is 0 Å². The second-order valence-electron chi connectivity index (χ2n) is 8.25. The van der Waals surface area contributed by atoms with Gasteiger partial charge in [0.2, 0.25) is 12.4 Å². The lowest BCUT2D eigenvalue weighted by Gasteiger charge is -2.26. The molecule has 2 heterocycles. The maximum absolute atomic E-state index is 14.6. The molecular weight excluding hydrogens is 461 g/mol. The van der Waals surface area contributed by atoms with Crippen LogP contribution in [0.1, 0.15) is 27.0 Å². The van der Waals surface area contributed by atoms with Gasteiger partial charge in [0.05, 0.1) is 18.5 Å². The summed E-state index contributed by atoms with van der Waals surface area (Å²) in [7, 11) is 3.59. The number of nitrogens with one attached hydrogen (secondary N) is 2. The molecule has 184 valence electrons. The van der Waals surface area contributed by atoms with Crippen LogP contribution in [0.5, 0.6) is 5.75 Å². The van der Waals surface area contributed by atoms with Gasteiger partial charge in [0.15, 0.2) is 0 Å². The van der Waals surface area contributed by atoms with Gasteiger partial charge in [0.1, 0.15) is 22.9 Å². The number of anilines is 4. The number of aromatic nitrogens is 2. The monoisotopic (exact) mass is 486 g/mol. The van der Waals surface area contributed by atoms with E-state index in [9.17, 15) is 18.0 Å². The standard InChI is InChI=1S/C24H25F3N6O2/c1-33-7-6-13-9-19(35-2)18(8-15(13)12-33)30-24-29-11-16(22(28)34)23(32-24)31-21-14(10-20(26)27)4-3-5-17(21)25/h3-5,8-9,11,20H,6-7,10,12H2,1-2H3,(H2,28,34)(H2,29,30,31,32). The van der Waals surface area contributed by atoms with Gasteiger partial charge in [-0.1, -0.05) is 12.1 Å². The number of halogens is 3. The molecule has 0 radical (unpaired) electrons. The van der Waals surface area contributed by atoms with Crippen LogP contribution in [0.4, 0.5) is 36.3 Å². The van der Waals surface area contributed by atoms with E-state index < -0.39 is 24.6 Å². The maximum atomic E-state index is 14.6. The number of rotatable bonds is 8. The molecule has 3 aromatic rings. The quantitative estimate of drug-likeness (QED) is 0.442. The van der Waals surface area contributed by atoms with Crippen LogP contribution in [0.3, 0.4) is 0 Å². The van der Waals surface area contributed by atoms with E-state index >= 15 is 0 Å². The van der Waals surface area contributed by atoms with Crippen molar-refractivity contribution in [2.75, 3.05) is 31.3 Å². The zero-order valence-electron chi connectivity index (χ0n) is 19.2. The topological polar surface area (TPSA) is 105 Å². The number of primary amides is 1. The lowest BCUT2D eigenvalue weighted by atomic mass is 9.99. The van der Waals surface area contributed by atoms with Gasteiger partial charge in [-0.3, -0.25) is 4.79 Å². The Morgan fingerprint density at radius 1 is 1.26 bits per heavy atom. The summed E-state index contributed by atoms with van der Waals surface area (Å²) in [5, 5.41) is 5.74. The number of benzene rings is 2. The van der Waals surface area contributed by atoms with Crippen LogP contribution in [0.15, 0.2) is 36.5 Å². The van der Waals surface area contributed by atoms with Gasteiger partial charge in [-0.25, -0.2) is 18.2 Å². The molecule has 0 atom stereocenters. The van der Waals surface area contributed by atoms with Gasteiger partial charge in [-0.2, -0.15) is 4.98 Å². The number of likely N-dealkylation sites (N-methyl/N-ethyl adjacent to an activating group) is 1. The number of nitrogens with two attached hydrogens (primary N) is 1. The largest absolute Gasteiger partial charge is 0.495 e. The number of hydrogen-bond acceptors (Lipinski definition) is 7. The lowest BCUT2D eigenvalue weighted by Crippen LogP contribution is -2.26. The Kier molecular flexibility index (Phi) is 7.06. The summed E-state index contributed by atoms with van der Waals surface area (Å²) < 4.78 is 46.1. The summed E-state index contributed by atoms with van der Waals surface area (Å²) in [6, 6.07) is 7.73. The second kappa shape index (κ2) is 10.2. The third kappa shape index (κ3) is 5.46. The molecule has 0 saturated heterocycles. The van der Waals surface area contributed by atoms with E-state index in [0.717, 1.165) is 31.1 Å². The maximum Gasteiger partial charge on any atom is 0.254 e. The van der Waals surface area contributed by atoms with Gasteiger partial charge >= 0.3 is 0 Å². The second-order valence-corrected chi connectivity index (χ2v) is 8.25. The van der Waals surface area contributed by atoms with Gasteiger partial charge in [-0.15, -0.1) is 0 Å². The van der Waals surface area contributed by atoms with Crippen molar-refractivity contribution in [1.29, 1.82) is 0 Å². The first kappa shape index (κ1) is 24.3. The van der Waals surface area contributed by atoms with Gasteiger partial charge in [0, 0.05) is 25.7 Å². The van der Waals surface area contributed by atoms with Crippen LogP contribution in [0.25, 0.3) is 0 Å². The molecule has 1 amide bonds. The molecule has 2 aromatic carbocycles. The first-order valence-electron chi connectivity index (χ1n) is 10.9. The highest BCUT2D eigenvalue weighted by Crippen LogP contribution is 2.34. The van der Waals surface area contributed by atoms with Crippen LogP contribution >= 0.6 is 0 Å². The Morgan fingerprint density at radius 2 is 2.06 bits per heavy atom. The predicted octanol–water partition coefficient (Wildman–Crippen LogP) is 4.01. The number of carbonyl (C=O) groups is 1. The predicted molar refractivity (Wildman–Crippen MR) is 126 cm³/mol. The number of amides is 1. The average Bonchev–Trinajstić information content (AvgIpc) is 2.80. The molecule has 0 aliphatic carbocycles. The average molecular weight is 486 g/mol. The number of alkyl halides is 2. The van der Waals surface area contributed by atoms with E-state index in [1.54, 1.807) is 7.11 Å². The number of hydrogen-bond donors (Lipinski definition) is 3. The van der Waals surface area contributed by atoms with Crippen molar-refractivity contribution in [3.05, 3.63) is 64.6 Å². The normalized spacial score (nSPS) is 13.4. The van der Waals surface area contributed by atoms with Crippen molar-refractivity contribution in [3.8, 4) is 5.75 Å². The first-order chi connectivity index (χ1) is 16.7. The van der Waals surface area contributed by atoms with Crippen molar-refractivity contribution < 1.29 is 22.7 Å². The summed E-state index contributed by atoms with van der Waals surface area (Å²) in [4.78, 5) is 22.6. The fraction of sp³-hybridized carbons (Fsp3) is 0.292. The van der Waals surface area contributed by atoms with Crippen LogP contribution in [-0.2, 0) is 19.4 Å². The lowest BCUT2D eigenvalue weighted by molar-refractivity contribution is 0.100. The van der Waals surface area contributed by atoms with E-state index in [1.807, 2.05) is 19.2 Å². The highest BCUT2D eigenvalue weighted by atomic mass is 19.3. The molecule has 0 spiro atoms. The van der Waals surface area contributed by atoms with Crippen LogP contribution in [0, 0.1) is 5.82 Å². The Hall–Kier alpha value is -3.86. The van der Waals surface area contributed by atoms with E-state index in [4.69, 9.17) is 10.5 Å². The molecule has 4 rings (SSSR count). The smallest absolute Gasteiger partial charge is 0.254 e. The fourth-order valence-electron chi connectivity index (χ4n) is 4.00. The minimum absolute atomic E-state index is 0.0315. The number of methoxy groups -OCH3 is 1.